The molecule has 2 rings (SSSR count). The fourth-order valence-corrected chi connectivity index (χ4v) is 2.45. The molecule has 0 saturated heterocycles. The third kappa shape index (κ3) is 3.23. The maximum Gasteiger partial charge on any atom is 0.323 e. The van der Waals surface area contributed by atoms with Gasteiger partial charge in [-0.2, -0.15) is 5.26 Å². The molecule has 1 aromatic heterocycles. The van der Waals surface area contributed by atoms with Crippen LogP contribution in [-0.4, -0.2) is 29.1 Å². The van der Waals surface area contributed by atoms with Crippen LogP contribution >= 0.6 is 11.6 Å². The van der Waals surface area contributed by atoms with E-state index in [1.54, 1.807) is 23.1 Å². The smallest absolute Gasteiger partial charge is 0.323 e. The van der Waals surface area contributed by atoms with Crippen molar-refractivity contribution in [2.45, 2.75) is 13.3 Å². The van der Waals surface area contributed by atoms with Crippen LogP contribution in [0, 0.1) is 11.3 Å². The van der Waals surface area contributed by atoms with Gasteiger partial charge in [-0.25, -0.2) is 0 Å². The molecule has 108 valence electrons. The van der Waals surface area contributed by atoms with E-state index in [0.29, 0.717) is 33.7 Å². The Hall–Kier alpha value is -2.32. The zero-order valence-electron chi connectivity index (χ0n) is 11.5. The second-order valence-corrected chi connectivity index (χ2v) is 5.05. The van der Waals surface area contributed by atoms with Crippen molar-refractivity contribution in [2.24, 2.45) is 0 Å². The fraction of sp³-hybridized carbons (Fsp3) is 0.267. The van der Waals surface area contributed by atoms with Crippen LogP contribution in [0.1, 0.15) is 18.9 Å². The molecule has 0 aliphatic heterocycles. The van der Waals surface area contributed by atoms with Crippen LogP contribution in [-0.2, 0) is 4.79 Å². The maximum absolute atomic E-state index is 11.1. The molecule has 5 nitrogen and oxygen atoms in total. The molecule has 0 spiro atoms. The van der Waals surface area contributed by atoms with Gasteiger partial charge in [0, 0.05) is 23.2 Å². The van der Waals surface area contributed by atoms with Gasteiger partial charge < -0.3 is 10.0 Å². The molecule has 0 saturated carbocycles. The Bertz CT molecular complexity index is 725. The summed E-state index contributed by atoms with van der Waals surface area (Å²) < 4.78 is 0. The van der Waals surface area contributed by atoms with Gasteiger partial charge in [-0.15, -0.1) is 0 Å². The predicted molar refractivity (Wildman–Crippen MR) is 81.6 cm³/mol. The lowest BCUT2D eigenvalue weighted by Gasteiger charge is -2.24. The number of aromatic nitrogens is 1. The molecule has 21 heavy (non-hydrogen) atoms. The molecule has 1 aromatic carbocycles. The van der Waals surface area contributed by atoms with E-state index in [-0.39, 0.29) is 6.54 Å². The fourth-order valence-electron chi connectivity index (χ4n) is 2.28. The summed E-state index contributed by atoms with van der Waals surface area (Å²) in [6.07, 6.45) is 2.23. The number of hydrogen-bond donors (Lipinski definition) is 1. The first kappa shape index (κ1) is 15.1. The number of carboxylic acid groups (broad SMARTS) is 1. The molecule has 0 unspecified atom stereocenters. The molecule has 6 heteroatoms. The molecule has 0 amide bonds. The third-order valence-electron chi connectivity index (χ3n) is 3.06. The van der Waals surface area contributed by atoms with E-state index in [1.165, 1.54) is 6.20 Å². The van der Waals surface area contributed by atoms with Crippen molar-refractivity contribution in [2.75, 3.05) is 18.0 Å². The SMILES string of the molecule is CCCN(CC(=O)O)c1c(C#N)cnc2ccc(Cl)cc12. The van der Waals surface area contributed by atoms with Crippen LogP contribution in [0.3, 0.4) is 0 Å². The monoisotopic (exact) mass is 303 g/mol. The Morgan fingerprint density at radius 1 is 1.52 bits per heavy atom. The minimum absolute atomic E-state index is 0.172. The molecule has 0 aliphatic carbocycles. The number of rotatable bonds is 5. The summed E-state index contributed by atoms with van der Waals surface area (Å²) in [4.78, 5) is 17.0. The van der Waals surface area contributed by atoms with E-state index in [0.717, 1.165) is 6.42 Å². The van der Waals surface area contributed by atoms with E-state index in [9.17, 15) is 10.1 Å². The lowest BCUT2D eigenvalue weighted by Crippen LogP contribution is -2.31. The number of anilines is 1. The number of nitriles is 1. The van der Waals surface area contributed by atoms with Gasteiger partial charge in [0.2, 0.25) is 0 Å². The normalized spacial score (nSPS) is 10.3. The van der Waals surface area contributed by atoms with Crippen LogP contribution in [0.25, 0.3) is 10.9 Å². The quantitative estimate of drug-likeness (QED) is 0.918. The number of pyridine rings is 1. The zero-order chi connectivity index (χ0) is 15.4. The number of aliphatic carboxylic acids is 1. The molecule has 1 N–H and O–H groups in total. The Morgan fingerprint density at radius 2 is 2.29 bits per heavy atom. The summed E-state index contributed by atoms with van der Waals surface area (Å²) in [5, 5.41) is 19.6. The lowest BCUT2D eigenvalue weighted by atomic mass is 10.1. The van der Waals surface area contributed by atoms with Crippen LogP contribution in [0.15, 0.2) is 24.4 Å². The van der Waals surface area contributed by atoms with Crippen molar-refractivity contribution in [1.82, 2.24) is 4.98 Å². The van der Waals surface area contributed by atoms with Gasteiger partial charge in [-0.3, -0.25) is 9.78 Å². The Balaban J connectivity index is 2.70. The van der Waals surface area contributed by atoms with Gasteiger partial charge in [0.15, 0.2) is 0 Å². The molecule has 2 aromatic rings. The summed E-state index contributed by atoms with van der Waals surface area (Å²) in [5.74, 6) is -0.945. The Labute approximate surface area is 127 Å². The number of carbonyl (C=O) groups is 1. The highest BCUT2D eigenvalue weighted by Gasteiger charge is 2.18. The second-order valence-electron chi connectivity index (χ2n) is 4.61. The van der Waals surface area contributed by atoms with Crippen molar-refractivity contribution in [1.29, 1.82) is 5.26 Å². The van der Waals surface area contributed by atoms with Crippen molar-refractivity contribution in [3.05, 3.63) is 35.0 Å². The predicted octanol–water partition coefficient (Wildman–Crippen LogP) is 3.06. The first-order valence-electron chi connectivity index (χ1n) is 6.52. The van der Waals surface area contributed by atoms with Gasteiger partial charge in [-0.1, -0.05) is 18.5 Å². The van der Waals surface area contributed by atoms with Crippen molar-refractivity contribution in [3.8, 4) is 6.07 Å². The van der Waals surface area contributed by atoms with E-state index in [1.807, 2.05) is 6.92 Å². The van der Waals surface area contributed by atoms with Crippen LogP contribution in [0.5, 0.6) is 0 Å². The van der Waals surface area contributed by atoms with Crippen LogP contribution in [0.4, 0.5) is 5.69 Å². The highest BCUT2D eigenvalue weighted by Crippen LogP contribution is 2.31. The third-order valence-corrected chi connectivity index (χ3v) is 3.29. The largest absolute Gasteiger partial charge is 0.480 e. The Morgan fingerprint density at radius 3 is 2.90 bits per heavy atom. The number of benzene rings is 1. The summed E-state index contributed by atoms with van der Waals surface area (Å²) in [6, 6.07) is 7.27. The summed E-state index contributed by atoms with van der Waals surface area (Å²) in [6.45, 7) is 2.32. The van der Waals surface area contributed by atoms with E-state index < -0.39 is 5.97 Å². The molecule has 0 atom stereocenters. The molecule has 0 fully saturated rings. The summed E-state index contributed by atoms with van der Waals surface area (Å²) in [7, 11) is 0. The molecular weight excluding hydrogens is 290 g/mol. The number of hydrogen-bond acceptors (Lipinski definition) is 4. The molecule has 0 aliphatic rings. The molecular formula is C15H14ClN3O2. The lowest BCUT2D eigenvalue weighted by molar-refractivity contribution is -0.135. The molecule has 1 heterocycles. The standard InChI is InChI=1S/C15H14ClN3O2/c1-2-5-19(9-14(20)21)15-10(7-17)8-18-13-4-3-11(16)6-12(13)15/h3-4,6,8H,2,5,9H2,1H3,(H,20,21). The number of fused-ring (bicyclic) bond motifs is 1. The average Bonchev–Trinajstić information content (AvgIpc) is 2.45. The van der Waals surface area contributed by atoms with E-state index >= 15 is 0 Å². The van der Waals surface area contributed by atoms with E-state index in [2.05, 4.69) is 11.1 Å². The first-order chi connectivity index (χ1) is 10.1. The molecule has 0 bridgehead atoms. The van der Waals surface area contributed by atoms with Crippen molar-refractivity contribution >= 4 is 34.2 Å². The molecule has 0 radical (unpaired) electrons. The van der Waals surface area contributed by atoms with Gasteiger partial charge in [-0.05, 0) is 24.6 Å². The van der Waals surface area contributed by atoms with Gasteiger partial charge in [0.1, 0.15) is 12.6 Å². The zero-order valence-corrected chi connectivity index (χ0v) is 12.3. The number of nitrogens with zero attached hydrogens (tertiary/aromatic N) is 3. The number of carboxylic acids is 1. The minimum Gasteiger partial charge on any atom is -0.480 e. The topological polar surface area (TPSA) is 77.2 Å². The van der Waals surface area contributed by atoms with Crippen LogP contribution in [0.2, 0.25) is 5.02 Å². The van der Waals surface area contributed by atoms with Crippen molar-refractivity contribution in [3.63, 3.8) is 0 Å². The minimum atomic E-state index is -0.945. The first-order valence-corrected chi connectivity index (χ1v) is 6.89. The summed E-state index contributed by atoms with van der Waals surface area (Å²) >= 11 is 6.03. The van der Waals surface area contributed by atoms with Gasteiger partial charge in [0.05, 0.1) is 16.8 Å². The van der Waals surface area contributed by atoms with Crippen LogP contribution < -0.4 is 4.90 Å². The van der Waals surface area contributed by atoms with Gasteiger partial charge >= 0.3 is 5.97 Å². The number of halogens is 1. The Kier molecular flexibility index (Phi) is 4.61. The average molecular weight is 304 g/mol. The summed E-state index contributed by atoms with van der Waals surface area (Å²) in [5.41, 5.74) is 1.61. The van der Waals surface area contributed by atoms with E-state index in [4.69, 9.17) is 16.7 Å². The van der Waals surface area contributed by atoms with Crippen molar-refractivity contribution < 1.29 is 9.90 Å². The highest BCUT2D eigenvalue weighted by atomic mass is 35.5. The maximum atomic E-state index is 11.1. The second kappa shape index (κ2) is 6.42. The van der Waals surface area contributed by atoms with Gasteiger partial charge in [0.25, 0.3) is 0 Å². The highest BCUT2D eigenvalue weighted by molar-refractivity contribution is 6.31.